The molecule has 2 aromatic rings. The maximum atomic E-state index is 11.5. The van der Waals surface area contributed by atoms with E-state index in [1.54, 1.807) is 18.3 Å². The van der Waals surface area contributed by atoms with Crippen LogP contribution >= 0.6 is 27.7 Å². The maximum Gasteiger partial charge on any atom is 0.338 e. The zero-order valence-electron chi connectivity index (χ0n) is 12.9. The molecule has 1 N–H and O–H groups in total. The van der Waals surface area contributed by atoms with Crippen molar-refractivity contribution in [2.75, 3.05) is 0 Å². The molecule has 24 heavy (non-hydrogen) atoms. The minimum atomic E-state index is -0.947. The van der Waals surface area contributed by atoms with Crippen molar-refractivity contribution in [2.24, 2.45) is 0 Å². The van der Waals surface area contributed by atoms with Gasteiger partial charge in [-0.05, 0) is 35.0 Å². The Bertz CT molecular complexity index is 802. The van der Waals surface area contributed by atoms with E-state index in [0.717, 1.165) is 18.4 Å². The van der Waals surface area contributed by atoms with Crippen LogP contribution in [0, 0.1) is 0 Å². The van der Waals surface area contributed by atoms with E-state index < -0.39 is 5.97 Å². The Kier molecular flexibility index (Phi) is 5.53. The van der Waals surface area contributed by atoms with Crippen molar-refractivity contribution in [3.8, 4) is 0 Å². The Hall–Kier alpha value is -1.85. The Morgan fingerprint density at radius 3 is 2.58 bits per heavy atom. The normalized spacial score (nSPS) is 15.4. The molecule has 0 saturated carbocycles. The number of carbonyl (C=O) groups is 1. The molecule has 3 rings (SSSR count). The number of halogens is 1. The molecule has 0 bridgehead atoms. The number of nitrogens with zero attached hydrogens (tertiary/aromatic N) is 1. The van der Waals surface area contributed by atoms with Crippen LogP contribution in [0.4, 0.5) is 0 Å². The number of carboxylic acid groups (broad SMARTS) is 1. The quantitative estimate of drug-likeness (QED) is 0.661. The fourth-order valence-corrected chi connectivity index (χ4v) is 4.19. The SMILES string of the molecule is O=C(O)c1cccnc1SC(C1=CC=C(Br)CC1)c1ccccc1. The van der Waals surface area contributed by atoms with Crippen LogP contribution in [0.15, 0.2) is 75.9 Å². The van der Waals surface area contributed by atoms with E-state index in [1.165, 1.54) is 21.8 Å². The van der Waals surface area contributed by atoms with Crippen LogP contribution in [0.5, 0.6) is 0 Å². The van der Waals surface area contributed by atoms with Gasteiger partial charge in [0.25, 0.3) is 0 Å². The molecule has 1 aromatic carbocycles. The predicted octanol–water partition coefficient (Wildman–Crippen LogP) is 5.61. The predicted molar refractivity (Wildman–Crippen MR) is 101 cm³/mol. The Labute approximate surface area is 153 Å². The molecule has 1 heterocycles. The summed E-state index contributed by atoms with van der Waals surface area (Å²) in [5.41, 5.74) is 2.68. The fraction of sp³-hybridized carbons (Fsp3) is 0.158. The Balaban J connectivity index is 1.99. The molecule has 1 aliphatic rings. The van der Waals surface area contributed by atoms with Crippen LogP contribution in [0.3, 0.4) is 0 Å². The van der Waals surface area contributed by atoms with Crippen molar-refractivity contribution in [1.82, 2.24) is 4.98 Å². The molecule has 1 aromatic heterocycles. The second-order valence-corrected chi connectivity index (χ2v) is 7.54. The molecule has 1 unspecified atom stereocenters. The maximum absolute atomic E-state index is 11.5. The summed E-state index contributed by atoms with van der Waals surface area (Å²) in [4.78, 5) is 15.8. The van der Waals surface area contributed by atoms with Crippen molar-refractivity contribution in [3.63, 3.8) is 0 Å². The third-order valence-electron chi connectivity index (χ3n) is 3.80. The third kappa shape index (κ3) is 3.97. The minimum Gasteiger partial charge on any atom is -0.478 e. The molecule has 0 spiro atoms. The summed E-state index contributed by atoms with van der Waals surface area (Å²) in [6, 6.07) is 13.4. The monoisotopic (exact) mass is 401 g/mol. The van der Waals surface area contributed by atoms with E-state index in [0.29, 0.717) is 5.03 Å². The number of hydrogen-bond donors (Lipinski definition) is 1. The third-order valence-corrected chi connectivity index (χ3v) is 5.82. The molecule has 5 heteroatoms. The summed E-state index contributed by atoms with van der Waals surface area (Å²) < 4.78 is 1.19. The lowest BCUT2D eigenvalue weighted by Gasteiger charge is -2.22. The zero-order chi connectivity index (χ0) is 16.9. The number of aromatic carboxylic acids is 1. The summed E-state index contributed by atoms with van der Waals surface area (Å²) in [5.74, 6) is -0.947. The van der Waals surface area contributed by atoms with E-state index in [4.69, 9.17) is 0 Å². The van der Waals surface area contributed by atoms with Crippen LogP contribution in [-0.2, 0) is 0 Å². The van der Waals surface area contributed by atoms with Gasteiger partial charge in [-0.1, -0.05) is 75.7 Å². The summed E-state index contributed by atoms with van der Waals surface area (Å²) in [7, 11) is 0. The minimum absolute atomic E-state index is 0.0519. The molecule has 1 atom stereocenters. The molecule has 122 valence electrons. The topological polar surface area (TPSA) is 50.2 Å². The van der Waals surface area contributed by atoms with E-state index in [2.05, 4.69) is 45.2 Å². The van der Waals surface area contributed by atoms with Crippen molar-refractivity contribution < 1.29 is 9.90 Å². The molecule has 0 fully saturated rings. The van der Waals surface area contributed by atoms with Crippen LogP contribution in [0.2, 0.25) is 0 Å². The van der Waals surface area contributed by atoms with Crippen molar-refractivity contribution in [3.05, 3.63) is 82.0 Å². The highest BCUT2D eigenvalue weighted by Crippen LogP contribution is 2.44. The highest BCUT2D eigenvalue weighted by Gasteiger charge is 2.23. The van der Waals surface area contributed by atoms with Gasteiger partial charge in [-0.2, -0.15) is 0 Å². The number of pyridine rings is 1. The number of hydrogen-bond acceptors (Lipinski definition) is 3. The van der Waals surface area contributed by atoms with Gasteiger partial charge in [0.1, 0.15) is 5.03 Å². The summed E-state index contributed by atoms with van der Waals surface area (Å²) in [5, 5.41) is 10.0. The number of rotatable bonds is 5. The van der Waals surface area contributed by atoms with Crippen LogP contribution in [0.1, 0.15) is 34.0 Å². The summed E-state index contributed by atoms with van der Waals surface area (Å²) in [6.45, 7) is 0. The molecular weight excluding hydrogens is 386 g/mol. The highest BCUT2D eigenvalue weighted by atomic mass is 79.9. The molecule has 0 amide bonds. The molecule has 3 nitrogen and oxygen atoms in total. The zero-order valence-corrected chi connectivity index (χ0v) is 15.3. The number of allylic oxidation sites excluding steroid dienone is 3. The number of carboxylic acids is 1. The van der Waals surface area contributed by atoms with Gasteiger partial charge in [0.05, 0.1) is 10.8 Å². The van der Waals surface area contributed by atoms with Gasteiger partial charge >= 0.3 is 5.97 Å². The smallest absolute Gasteiger partial charge is 0.338 e. The first kappa shape index (κ1) is 17.0. The Morgan fingerprint density at radius 2 is 1.92 bits per heavy atom. The number of thioether (sulfide) groups is 1. The standard InChI is InChI=1S/C19H16BrNO2S/c20-15-10-8-14(9-11-15)17(13-5-2-1-3-6-13)24-18-16(19(22)23)7-4-12-21-18/h1-8,10,12,17H,9,11H2,(H,22,23). The first-order valence-electron chi connectivity index (χ1n) is 7.60. The van der Waals surface area contributed by atoms with E-state index in [1.807, 2.05) is 18.2 Å². The highest BCUT2D eigenvalue weighted by molar-refractivity contribution is 9.11. The molecular formula is C19H16BrNO2S. The molecule has 0 aliphatic heterocycles. The average molecular weight is 402 g/mol. The number of aromatic nitrogens is 1. The Morgan fingerprint density at radius 1 is 1.12 bits per heavy atom. The van der Waals surface area contributed by atoms with Crippen molar-refractivity contribution >= 4 is 33.7 Å². The lowest BCUT2D eigenvalue weighted by Crippen LogP contribution is -2.05. The van der Waals surface area contributed by atoms with Crippen LogP contribution in [-0.4, -0.2) is 16.1 Å². The lowest BCUT2D eigenvalue weighted by atomic mass is 9.97. The molecule has 0 saturated heterocycles. The first-order chi connectivity index (χ1) is 11.6. The van der Waals surface area contributed by atoms with Gasteiger partial charge in [0.2, 0.25) is 0 Å². The first-order valence-corrected chi connectivity index (χ1v) is 9.27. The molecule has 1 aliphatic carbocycles. The molecule has 0 radical (unpaired) electrons. The second-order valence-electron chi connectivity index (χ2n) is 5.42. The second kappa shape index (κ2) is 7.81. The van der Waals surface area contributed by atoms with Crippen molar-refractivity contribution in [1.29, 1.82) is 0 Å². The average Bonchev–Trinajstić information content (AvgIpc) is 2.61. The lowest BCUT2D eigenvalue weighted by molar-refractivity contribution is 0.0692. The summed E-state index contributed by atoms with van der Waals surface area (Å²) >= 11 is 5.04. The van der Waals surface area contributed by atoms with E-state index >= 15 is 0 Å². The van der Waals surface area contributed by atoms with Gasteiger partial charge in [-0.25, -0.2) is 9.78 Å². The van der Waals surface area contributed by atoms with Crippen LogP contribution in [0.25, 0.3) is 0 Å². The van der Waals surface area contributed by atoms with Gasteiger partial charge in [0.15, 0.2) is 0 Å². The van der Waals surface area contributed by atoms with Crippen molar-refractivity contribution in [2.45, 2.75) is 23.1 Å². The van der Waals surface area contributed by atoms with Gasteiger partial charge in [-0.3, -0.25) is 0 Å². The van der Waals surface area contributed by atoms with Gasteiger partial charge in [-0.15, -0.1) is 0 Å². The largest absolute Gasteiger partial charge is 0.478 e. The number of benzene rings is 1. The summed E-state index contributed by atoms with van der Waals surface area (Å²) in [6.07, 6.45) is 7.75. The van der Waals surface area contributed by atoms with Gasteiger partial charge in [0, 0.05) is 6.20 Å². The van der Waals surface area contributed by atoms with E-state index in [-0.39, 0.29) is 10.8 Å². The van der Waals surface area contributed by atoms with Gasteiger partial charge < -0.3 is 5.11 Å². The van der Waals surface area contributed by atoms with E-state index in [9.17, 15) is 9.90 Å². The van der Waals surface area contributed by atoms with Crippen LogP contribution < -0.4 is 0 Å². The fourth-order valence-electron chi connectivity index (χ4n) is 2.59.